The monoisotopic (exact) mass is 382 g/mol. The Bertz CT molecular complexity index is 844. The largest absolute Gasteiger partial charge is 0.481 e. The molecule has 1 aliphatic heterocycles. The van der Waals surface area contributed by atoms with E-state index in [0.717, 1.165) is 30.0 Å². The Morgan fingerprint density at radius 1 is 1.07 bits per heavy atom. The van der Waals surface area contributed by atoms with Gasteiger partial charge in [-0.2, -0.15) is 0 Å². The molecule has 1 N–H and O–H groups in total. The molecule has 1 unspecified atom stereocenters. The van der Waals surface area contributed by atoms with E-state index in [1.807, 2.05) is 42.2 Å². The van der Waals surface area contributed by atoms with Crippen molar-refractivity contribution in [1.29, 1.82) is 0 Å². The molecule has 0 spiro atoms. The van der Waals surface area contributed by atoms with Crippen LogP contribution in [-0.4, -0.2) is 59.1 Å². The molecule has 0 bridgehead atoms. The SMILES string of the molecule is Cc1ccccc1OC(C)C(=O)N1CCN(Cc2cccc(C(=O)O)c2)CC1. The van der Waals surface area contributed by atoms with Crippen molar-refractivity contribution in [2.24, 2.45) is 0 Å². The second-order valence-corrected chi connectivity index (χ2v) is 7.13. The molecular weight excluding hydrogens is 356 g/mol. The van der Waals surface area contributed by atoms with E-state index in [2.05, 4.69) is 4.90 Å². The summed E-state index contributed by atoms with van der Waals surface area (Å²) < 4.78 is 5.86. The van der Waals surface area contributed by atoms with Crippen molar-refractivity contribution >= 4 is 11.9 Å². The highest BCUT2D eigenvalue weighted by Crippen LogP contribution is 2.19. The number of hydrogen-bond acceptors (Lipinski definition) is 4. The van der Waals surface area contributed by atoms with Gasteiger partial charge < -0.3 is 14.7 Å². The molecule has 0 aliphatic carbocycles. The number of hydrogen-bond donors (Lipinski definition) is 1. The zero-order valence-corrected chi connectivity index (χ0v) is 16.3. The van der Waals surface area contributed by atoms with Gasteiger partial charge in [0.15, 0.2) is 6.10 Å². The minimum atomic E-state index is -0.917. The van der Waals surface area contributed by atoms with E-state index in [4.69, 9.17) is 9.84 Å². The van der Waals surface area contributed by atoms with Gasteiger partial charge in [0.1, 0.15) is 5.75 Å². The Morgan fingerprint density at radius 3 is 2.46 bits per heavy atom. The third-order valence-corrected chi connectivity index (χ3v) is 5.01. The number of benzene rings is 2. The van der Waals surface area contributed by atoms with E-state index < -0.39 is 12.1 Å². The summed E-state index contributed by atoms with van der Waals surface area (Å²) in [5.41, 5.74) is 2.28. The van der Waals surface area contributed by atoms with Gasteiger partial charge in [0.25, 0.3) is 5.91 Å². The summed E-state index contributed by atoms with van der Waals surface area (Å²) in [7, 11) is 0. The number of para-hydroxylation sites is 1. The summed E-state index contributed by atoms with van der Waals surface area (Å²) in [6, 6.07) is 14.7. The van der Waals surface area contributed by atoms with Gasteiger partial charge in [0.2, 0.25) is 0 Å². The van der Waals surface area contributed by atoms with E-state index in [0.29, 0.717) is 25.2 Å². The van der Waals surface area contributed by atoms with E-state index in [9.17, 15) is 9.59 Å². The Balaban J connectivity index is 1.52. The fourth-order valence-corrected chi connectivity index (χ4v) is 3.37. The first-order valence-corrected chi connectivity index (χ1v) is 9.49. The fraction of sp³-hybridized carbons (Fsp3) is 0.364. The zero-order valence-electron chi connectivity index (χ0n) is 16.3. The smallest absolute Gasteiger partial charge is 0.335 e. The lowest BCUT2D eigenvalue weighted by Gasteiger charge is -2.36. The van der Waals surface area contributed by atoms with Gasteiger partial charge in [0, 0.05) is 32.7 Å². The van der Waals surface area contributed by atoms with Crippen molar-refractivity contribution in [3.8, 4) is 5.75 Å². The summed E-state index contributed by atoms with van der Waals surface area (Å²) >= 11 is 0. The summed E-state index contributed by atoms with van der Waals surface area (Å²) in [6.07, 6.45) is -0.528. The lowest BCUT2D eigenvalue weighted by molar-refractivity contribution is -0.139. The van der Waals surface area contributed by atoms with Crippen LogP contribution in [0.15, 0.2) is 48.5 Å². The van der Waals surface area contributed by atoms with Crippen LogP contribution in [0.4, 0.5) is 0 Å². The number of carbonyl (C=O) groups is 2. The highest BCUT2D eigenvalue weighted by Gasteiger charge is 2.26. The molecule has 1 amide bonds. The Morgan fingerprint density at radius 2 is 1.79 bits per heavy atom. The molecule has 0 radical (unpaired) electrons. The molecule has 1 saturated heterocycles. The van der Waals surface area contributed by atoms with Crippen molar-refractivity contribution in [3.05, 3.63) is 65.2 Å². The number of amides is 1. The molecule has 6 nitrogen and oxygen atoms in total. The van der Waals surface area contributed by atoms with Crippen molar-refractivity contribution in [1.82, 2.24) is 9.80 Å². The third-order valence-electron chi connectivity index (χ3n) is 5.01. The van der Waals surface area contributed by atoms with Gasteiger partial charge in [-0.05, 0) is 43.2 Å². The zero-order chi connectivity index (χ0) is 20.1. The summed E-state index contributed by atoms with van der Waals surface area (Å²) in [4.78, 5) is 27.9. The number of carboxylic acid groups (broad SMARTS) is 1. The first kappa shape index (κ1) is 19.9. The van der Waals surface area contributed by atoms with Crippen LogP contribution in [0.25, 0.3) is 0 Å². The van der Waals surface area contributed by atoms with E-state index >= 15 is 0 Å². The first-order valence-electron chi connectivity index (χ1n) is 9.49. The molecular formula is C22H26N2O4. The van der Waals surface area contributed by atoms with Crippen LogP contribution in [0.3, 0.4) is 0 Å². The highest BCUT2D eigenvalue weighted by atomic mass is 16.5. The lowest BCUT2D eigenvalue weighted by Crippen LogP contribution is -2.51. The first-order chi connectivity index (χ1) is 13.4. The molecule has 148 valence electrons. The number of rotatable bonds is 6. The maximum absolute atomic E-state index is 12.7. The Labute approximate surface area is 165 Å². The fourth-order valence-electron chi connectivity index (χ4n) is 3.37. The number of carbonyl (C=O) groups excluding carboxylic acids is 1. The maximum atomic E-state index is 12.7. The highest BCUT2D eigenvalue weighted by molar-refractivity contribution is 5.87. The Kier molecular flexibility index (Phi) is 6.31. The Hall–Kier alpha value is -2.86. The minimum Gasteiger partial charge on any atom is -0.481 e. The van der Waals surface area contributed by atoms with Crippen LogP contribution in [-0.2, 0) is 11.3 Å². The van der Waals surface area contributed by atoms with Crippen molar-refractivity contribution in [2.45, 2.75) is 26.5 Å². The molecule has 0 saturated carbocycles. The molecule has 0 aromatic heterocycles. The van der Waals surface area contributed by atoms with E-state index in [1.165, 1.54) is 0 Å². The molecule has 2 aromatic carbocycles. The van der Waals surface area contributed by atoms with Crippen molar-refractivity contribution in [3.63, 3.8) is 0 Å². The van der Waals surface area contributed by atoms with Gasteiger partial charge in [-0.3, -0.25) is 9.69 Å². The average Bonchev–Trinajstić information content (AvgIpc) is 2.70. The van der Waals surface area contributed by atoms with E-state index in [-0.39, 0.29) is 5.91 Å². The van der Waals surface area contributed by atoms with Crippen LogP contribution in [0.1, 0.15) is 28.4 Å². The molecule has 1 heterocycles. The molecule has 2 aromatic rings. The van der Waals surface area contributed by atoms with Crippen LogP contribution in [0.5, 0.6) is 5.75 Å². The second-order valence-electron chi connectivity index (χ2n) is 7.13. The number of aromatic carboxylic acids is 1. The number of piperazine rings is 1. The quantitative estimate of drug-likeness (QED) is 0.832. The van der Waals surface area contributed by atoms with Crippen molar-refractivity contribution < 1.29 is 19.4 Å². The van der Waals surface area contributed by atoms with Gasteiger partial charge in [-0.15, -0.1) is 0 Å². The van der Waals surface area contributed by atoms with Crippen LogP contribution in [0.2, 0.25) is 0 Å². The minimum absolute atomic E-state index is 0.00391. The topological polar surface area (TPSA) is 70.1 Å². The molecule has 28 heavy (non-hydrogen) atoms. The molecule has 3 rings (SSSR count). The van der Waals surface area contributed by atoms with Gasteiger partial charge in [-0.25, -0.2) is 4.79 Å². The number of carboxylic acids is 1. The summed E-state index contributed by atoms with van der Waals surface area (Å²) in [6.45, 7) is 7.21. The van der Waals surface area contributed by atoms with Crippen LogP contribution >= 0.6 is 0 Å². The third kappa shape index (κ3) is 4.89. The molecule has 1 atom stereocenters. The maximum Gasteiger partial charge on any atom is 0.335 e. The van der Waals surface area contributed by atoms with Crippen molar-refractivity contribution in [2.75, 3.05) is 26.2 Å². The number of ether oxygens (including phenoxy) is 1. The number of nitrogens with zero attached hydrogens (tertiary/aromatic N) is 2. The van der Waals surface area contributed by atoms with Gasteiger partial charge >= 0.3 is 5.97 Å². The van der Waals surface area contributed by atoms with E-state index in [1.54, 1.807) is 25.1 Å². The average molecular weight is 382 g/mol. The van der Waals surface area contributed by atoms with Crippen LogP contribution < -0.4 is 4.74 Å². The van der Waals surface area contributed by atoms with Gasteiger partial charge in [0.05, 0.1) is 5.56 Å². The predicted molar refractivity (Wildman–Crippen MR) is 107 cm³/mol. The summed E-state index contributed by atoms with van der Waals surface area (Å²) in [5.74, 6) is -0.184. The summed E-state index contributed by atoms with van der Waals surface area (Å²) in [5, 5.41) is 9.12. The molecule has 1 aliphatic rings. The second kappa shape index (κ2) is 8.89. The lowest BCUT2D eigenvalue weighted by atomic mass is 10.1. The number of aryl methyl sites for hydroxylation is 1. The standard InChI is InChI=1S/C22H26N2O4/c1-16-6-3-4-9-20(16)28-17(2)21(25)24-12-10-23(11-13-24)15-18-7-5-8-19(14-18)22(26)27/h3-9,14,17H,10-13,15H2,1-2H3,(H,26,27). The van der Waals surface area contributed by atoms with Crippen LogP contribution in [0, 0.1) is 6.92 Å². The normalized spacial score (nSPS) is 15.9. The molecule has 1 fully saturated rings. The van der Waals surface area contributed by atoms with Gasteiger partial charge in [-0.1, -0.05) is 30.3 Å². The molecule has 6 heteroatoms. The predicted octanol–water partition coefficient (Wildman–Crippen LogP) is 2.80.